The second kappa shape index (κ2) is 7.46. The van der Waals surface area contributed by atoms with Crippen molar-refractivity contribution in [2.24, 2.45) is 0 Å². The van der Waals surface area contributed by atoms with Crippen LogP contribution in [0.1, 0.15) is 23.6 Å². The van der Waals surface area contributed by atoms with Crippen molar-refractivity contribution in [2.45, 2.75) is 31.0 Å². The van der Waals surface area contributed by atoms with Crippen LogP contribution in [0.5, 0.6) is 0 Å². The second-order valence-corrected chi connectivity index (χ2v) is 5.78. The quantitative estimate of drug-likeness (QED) is 0.784. The summed E-state index contributed by atoms with van der Waals surface area (Å²) in [5.74, 6) is 0.676. The number of hydrogen-bond donors (Lipinski definition) is 1. The maximum absolute atomic E-state index is 14.0. The van der Waals surface area contributed by atoms with E-state index in [1.54, 1.807) is 17.8 Å². The Bertz CT molecular complexity index is 569. The Balaban J connectivity index is 2.01. The van der Waals surface area contributed by atoms with Gasteiger partial charge in [-0.25, -0.2) is 4.39 Å². The molecule has 0 aliphatic rings. The van der Waals surface area contributed by atoms with Gasteiger partial charge in [-0.1, -0.05) is 37.3 Å². The van der Waals surface area contributed by atoms with Crippen molar-refractivity contribution in [1.82, 2.24) is 5.32 Å². The van der Waals surface area contributed by atoms with Gasteiger partial charge in [0.05, 0.1) is 0 Å². The highest BCUT2D eigenvalue weighted by molar-refractivity contribution is 7.98. The third-order valence-corrected chi connectivity index (χ3v) is 4.32. The van der Waals surface area contributed by atoms with Gasteiger partial charge in [-0.05, 0) is 42.3 Å². The molecule has 0 amide bonds. The molecule has 0 aromatic heterocycles. The smallest absolute Gasteiger partial charge is 0.137 e. The van der Waals surface area contributed by atoms with Crippen molar-refractivity contribution in [3.63, 3.8) is 0 Å². The first-order valence-corrected chi connectivity index (χ1v) is 7.85. The van der Waals surface area contributed by atoms with E-state index < -0.39 is 0 Å². The van der Waals surface area contributed by atoms with Crippen molar-refractivity contribution in [3.8, 4) is 0 Å². The number of aryl methyl sites for hydroxylation is 1. The zero-order chi connectivity index (χ0) is 14.4. The molecule has 106 valence electrons. The predicted molar refractivity (Wildman–Crippen MR) is 84.5 cm³/mol. The van der Waals surface area contributed by atoms with Crippen LogP contribution in [0.4, 0.5) is 4.39 Å². The molecule has 1 N–H and O–H groups in total. The Morgan fingerprint density at radius 3 is 2.65 bits per heavy atom. The molecule has 0 saturated heterocycles. The Morgan fingerprint density at radius 2 is 1.95 bits per heavy atom. The number of hydrogen-bond acceptors (Lipinski definition) is 2. The molecule has 2 aromatic rings. The predicted octanol–water partition coefficient (Wildman–Crippen LogP) is 4.54. The monoisotopic (exact) mass is 289 g/mol. The first-order chi connectivity index (χ1) is 9.70. The highest BCUT2D eigenvalue weighted by Crippen LogP contribution is 2.27. The fourth-order valence-corrected chi connectivity index (χ4v) is 2.96. The van der Waals surface area contributed by atoms with E-state index in [0.29, 0.717) is 4.90 Å². The largest absolute Gasteiger partial charge is 0.313 e. The number of nitrogens with one attached hydrogen (secondary N) is 1. The molecule has 0 saturated carbocycles. The average Bonchev–Trinajstić information content (AvgIpc) is 2.45. The summed E-state index contributed by atoms with van der Waals surface area (Å²) in [5.41, 5.74) is 3.50. The van der Waals surface area contributed by atoms with E-state index in [1.165, 1.54) is 11.1 Å². The molecule has 0 fully saturated rings. The van der Waals surface area contributed by atoms with Crippen LogP contribution in [-0.4, -0.2) is 6.54 Å². The van der Waals surface area contributed by atoms with Crippen LogP contribution in [0.2, 0.25) is 0 Å². The third-order valence-electron chi connectivity index (χ3n) is 3.22. The maximum atomic E-state index is 14.0. The summed E-state index contributed by atoms with van der Waals surface area (Å²) < 4.78 is 14.0. The van der Waals surface area contributed by atoms with Crippen LogP contribution in [0.25, 0.3) is 0 Å². The molecule has 20 heavy (non-hydrogen) atoms. The van der Waals surface area contributed by atoms with E-state index in [1.807, 2.05) is 31.2 Å². The standard InChI is InChI=1S/C17H20FNS/c1-3-19-11-14-8-9-17(16(18)10-14)20-12-15-7-5-4-6-13(15)2/h4-10,19H,3,11-12H2,1-2H3. The van der Waals surface area contributed by atoms with Crippen LogP contribution in [-0.2, 0) is 12.3 Å². The Kier molecular flexibility index (Phi) is 5.62. The van der Waals surface area contributed by atoms with Gasteiger partial charge in [-0.3, -0.25) is 0 Å². The minimum Gasteiger partial charge on any atom is -0.313 e. The van der Waals surface area contributed by atoms with Crippen LogP contribution >= 0.6 is 11.8 Å². The SMILES string of the molecule is CCNCc1ccc(SCc2ccccc2C)c(F)c1. The molecule has 0 aliphatic heterocycles. The first-order valence-electron chi connectivity index (χ1n) is 6.87. The van der Waals surface area contributed by atoms with Gasteiger partial charge in [0.25, 0.3) is 0 Å². The van der Waals surface area contributed by atoms with Crippen LogP contribution in [0.3, 0.4) is 0 Å². The molecule has 0 unspecified atom stereocenters. The molecule has 0 heterocycles. The molecular weight excluding hydrogens is 269 g/mol. The van der Waals surface area contributed by atoms with E-state index in [0.717, 1.165) is 24.4 Å². The second-order valence-electron chi connectivity index (χ2n) is 4.76. The molecule has 0 atom stereocenters. The summed E-state index contributed by atoms with van der Waals surface area (Å²) in [6.07, 6.45) is 0. The van der Waals surface area contributed by atoms with E-state index >= 15 is 0 Å². The number of thioether (sulfide) groups is 1. The first kappa shape index (κ1) is 15.1. The highest BCUT2D eigenvalue weighted by atomic mass is 32.2. The summed E-state index contributed by atoms with van der Waals surface area (Å²) in [6, 6.07) is 13.7. The van der Waals surface area contributed by atoms with E-state index in [2.05, 4.69) is 24.4 Å². The Morgan fingerprint density at radius 1 is 1.15 bits per heavy atom. The maximum Gasteiger partial charge on any atom is 0.137 e. The van der Waals surface area contributed by atoms with Crippen LogP contribution in [0, 0.1) is 12.7 Å². The summed E-state index contributed by atoms with van der Waals surface area (Å²) in [5, 5.41) is 3.20. The van der Waals surface area contributed by atoms with E-state index in [-0.39, 0.29) is 5.82 Å². The number of benzene rings is 2. The van der Waals surface area contributed by atoms with Crippen LogP contribution in [0.15, 0.2) is 47.4 Å². The van der Waals surface area contributed by atoms with Gasteiger partial charge in [0.2, 0.25) is 0 Å². The van der Waals surface area contributed by atoms with Crippen molar-refractivity contribution in [1.29, 1.82) is 0 Å². The molecular formula is C17H20FNS. The van der Waals surface area contributed by atoms with Crippen molar-refractivity contribution in [3.05, 3.63) is 65.0 Å². The lowest BCUT2D eigenvalue weighted by Gasteiger charge is -2.08. The van der Waals surface area contributed by atoms with Gasteiger partial charge in [0.1, 0.15) is 5.82 Å². The topological polar surface area (TPSA) is 12.0 Å². The summed E-state index contributed by atoms with van der Waals surface area (Å²) >= 11 is 1.55. The fourth-order valence-electron chi connectivity index (χ4n) is 1.97. The molecule has 0 bridgehead atoms. The molecule has 0 radical (unpaired) electrons. The Hall–Kier alpha value is -1.32. The number of rotatable bonds is 6. The lowest BCUT2D eigenvalue weighted by molar-refractivity contribution is 0.596. The van der Waals surface area contributed by atoms with Crippen molar-refractivity contribution >= 4 is 11.8 Å². The van der Waals surface area contributed by atoms with Gasteiger partial charge in [-0.15, -0.1) is 11.8 Å². The minimum atomic E-state index is -0.126. The van der Waals surface area contributed by atoms with Gasteiger partial charge in [0, 0.05) is 17.2 Å². The minimum absolute atomic E-state index is 0.126. The average molecular weight is 289 g/mol. The Labute approximate surface area is 124 Å². The van der Waals surface area contributed by atoms with Gasteiger partial charge < -0.3 is 5.32 Å². The summed E-state index contributed by atoms with van der Waals surface area (Å²) in [4.78, 5) is 0.716. The third kappa shape index (κ3) is 4.09. The molecule has 2 rings (SSSR count). The molecule has 2 aromatic carbocycles. The molecule has 1 nitrogen and oxygen atoms in total. The highest BCUT2D eigenvalue weighted by Gasteiger charge is 2.05. The molecule has 0 aliphatic carbocycles. The normalized spacial score (nSPS) is 10.8. The van der Waals surface area contributed by atoms with Gasteiger partial charge >= 0.3 is 0 Å². The summed E-state index contributed by atoms with van der Waals surface area (Å²) in [6.45, 7) is 5.75. The summed E-state index contributed by atoms with van der Waals surface area (Å²) in [7, 11) is 0. The number of halogens is 1. The van der Waals surface area contributed by atoms with E-state index in [4.69, 9.17) is 0 Å². The van der Waals surface area contributed by atoms with E-state index in [9.17, 15) is 4.39 Å². The van der Waals surface area contributed by atoms with Crippen molar-refractivity contribution in [2.75, 3.05) is 6.54 Å². The molecule has 3 heteroatoms. The lowest BCUT2D eigenvalue weighted by Crippen LogP contribution is -2.11. The lowest BCUT2D eigenvalue weighted by atomic mass is 10.1. The van der Waals surface area contributed by atoms with Crippen molar-refractivity contribution < 1.29 is 4.39 Å². The fraction of sp³-hybridized carbons (Fsp3) is 0.294. The molecule has 0 spiro atoms. The van der Waals surface area contributed by atoms with Gasteiger partial charge in [0.15, 0.2) is 0 Å². The zero-order valence-corrected chi connectivity index (χ0v) is 12.8. The van der Waals surface area contributed by atoms with Crippen LogP contribution < -0.4 is 5.32 Å². The zero-order valence-electron chi connectivity index (χ0n) is 11.9. The van der Waals surface area contributed by atoms with Gasteiger partial charge in [-0.2, -0.15) is 0 Å².